The maximum atomic E-state index is 13.8. The van der Waals surface area contributed by atoms with Crippen molar-refractivity contribution >= 4 is 39.3 Å². The Hall–Kier alpha value is -2.23. The quantitative estimate of drug-likeness (QED) is 0.386. The molecule has 188 valence electrons. The summed E-state index contributed by atoms with van der Waals surface area (Å²) >= 11 is 3.40. The van der Waals surface area contributed by atoms with Crippen molar-refractivity contribution in [2.24, 2.45) is 11.8 Å². The number of hydrogen-bond donors (Lipinski definition) is 2. The van der Waals surface area contributed by atoms with Gasteiger partial charge >= 0.3 is 0 Å². The van der Waals surface area contributed by atoms with Crippen LogP contribution in [0.1, 0.15) is 38.5 Å². The predicted molar refractivity (Wildman–Crippen MR) is 134 cm³/mol. The third-order valence-electron chi connectivity index (χ3n) is 7.74. The number of anilines is 1. The van der Waals surface area contributed by atoms with Crippen molar-refractivity contribution in [1.29, 1.82) is 0 Å². The predicted octanol–water partition coefficient (Wildman–Crippen LogP) is 3.02. The van der Waals surface area contributed by atoms with Crippen LogP contribution in [0.2, 0.25) is 0 Å². The molecule has 8 nitrogen and oxygen atoms in total. The molecule has 9 heteroatoms. The van der Waals surface area contributed by atoms with Crippen LogP contribution < -0.4 is 10.6 Å². The molecule has 3 fully saturated rings. The normalized spacial score (nSPS) is 31.6. The zero-order valence-corrected chi connectivity index (χ0v) is 21.5. The molecular formula is C26H32BrN3O5. The van der Waals surface area contributed by atoms with Crippen molar-refractivity contribution in [3.05, 3.63) is 40.9 Å². The summed E-state index contributed by atoms with van der Waals surface area (Å²) in [4.78, 5) is 42.5. The minimum absolute atomic E-state index is 0.113. The lowest BCUT2D eigenvalue weighted by molar-refractivity contribution is -0.141. The molecular weight excluding hydrogens is 514 g/mol. The molecule has 0 aromatic heterocycles. The number of fused-ring (bicyclic) bond motifs is 1. The van der Waals surface area contributed by atoms with Crippen LogP contribution in [0.15, 0.2) is 40.9 Å². The Morgan fingerprint density at radius 3 is 2.63 bits per heavy atom. The van der Waals surface area contributed by atoms with E-state index in [-0.39, 0.29) is 23.8 Å². The van der Waals surface area contributed by atoms with Gasteiger partial charge in [-0.15, -0.1) is 0 Å². The van der Waals surface area contributed by atoms with Gasteiger partial charge in [-0.2, -0.15) is 0 Å². The van der Waals surface area contributed by atoms with Gasteiger partial charge in [-0.05, 0) is 43.5 Å². The number of nitrogens with zero attached hydrogens (tertiary/aromatic N) is 1. The number of methoxy groups -OCH3 is 1. The van der Waals surface area contributed by atoms with Gasteiger partial charge in [0.25, 0.3) is 0 Å². The topological polar surface area (TPSA) is 97.0 Å². The first-order chi connectivity index (χ1) is 16.9. The highest BCUT2D eigenvalue weighted by molar-refractivity contribution is 9.10. The van der Waals surface area contributed by atoms with Crippen molar-refractivity contribution in [3.63, 3.8) is 0 Å². The number of carbonyl (C=O) groups excluding carboxylic acids is 3. The molecule has 0 unspecified atom stereocenters. The summed E-state index contributed by atoms with van der Waals surface area (Å²) in [5.41, 5.74) is -0.483. The molecule has 2 saturated heterocycles. The van der Waals surface area contributed by atoms with Crippen molar-refractivity contribution in [2.75, 3.05) is 25.6 Å². The van der Waals surface area contributed by atoms with E-state index >= 15 is 0 Å². The van der Waals surface area contributed by atoms with Gasteiger partial charge in [-0.3, -0.25) is 14.4 Å². The fourth-order valence-corrected chi connectivity index (χ4v) is 6.44. The number of nitrogens with one attached hydrogen (secondary N) is 2. The lowest BCUT2D eigenvalue weighted by Gasteiger charge is -2.34. The average molecular weight is 546 g/mol. The molecule has 1 spiro atoms. The first kappa shape index (κ1) is 24.5. The summed E-state index contributed by atoms with van der Waals surface area (Å²) in [7, 11) is 1.61. The summed E-state index contributed by atoms with van der Waals surface area (Å²) in [6.45, 7) is 0.849. The van der Waals surface area contributed by atoms with Gasteiger partial charge < -0.3 is 25.0 Å². The summed E-state index contributed by atoms with van der Waals surface area (Å²) in [5, 5.41) is 6.14. The Labute approximate surface area is 213 Å². The maximum Gasteiger partial charge on any atom is 0.246 e. The Kier molecular flexibility index (Phi) is 7.01. The molecule has 3 heterocycles. The second kappa shape index (κ2) is 10.0. The van der Waals surface area contributed by atoms with Crippen molar-refractivity contribution < 1.29 is 23.9 Å². The van der Waals surface area contributed by atoms with Gasteiger partial charge in [0.05, 0.1) is 17.9 Å². The highest BCUT2D eigenvalue weighted by Gasteiger charge is 2.72. The Bertz CT molecular complexity index is 1010. The number of benzene rings is 1. The van der Waals surface area contributed by atoms with Gasteiger partial charge in [0.1, 0.15) is 11.6 Å². The van der Waals surface area contributed by atoms with Crippen LogP contribution in [0.4, 0.5) is 5.69 Å². The maximum absolute atomic E-state index is 13.8. The van der Waals surface area contributed by atoms with Gasteiger partial charge in [-0.25, -0.2) is 0 Å². The van der Waals surface area contributed by atoms with Crippen LogP contribution in [-0.2, 0) is 23.9 Å². The van der Waals surface area contributed by atoms with E-state index in [0.717, 1.165) is 30.2 Å². The van der Waals surface area contributed by atoms with E-state index in [4.69, 9.17) is 9.47 Å². The molecule has 4 aliphatic rings. The molecule has 1 aromatic carbocycles. The number of halogens is 1. The third-order valence-corrected chi connectivity index (χ3v) is 8.26. The second-order valence-corrected chi connectivity index (χ2v) is 10.8. The number of likely N-dealkylation sites (tertiary alicyclic amines) is 1. The average Bonchev–Trinajstić information content (AvgIpc) is 3.49. The van der Waals surface area contributed by atoms with Crippen molar-refractivity contribution in [3.8, 4) is 0 Å². The lowest BCUT2D eigenvalue weighted by Crippen LogP contribution is -2.56. The molecule has 35 heavy (non-hydrogen) atoms. The van der Waals surface area contributed by atoms with Gasteiger partial charge in [0.2, 0.25) is 17.7 Å². The third kappa shape index (κ3) is 4.42. The minimum Gasteiger partial charge on any atom is -0.385 e. The van der Waals surface area contributed by atoms with E-state index < -0.39 is 29.6 Å². The molecule has 5 atom stereocenters. The van der Waals surface area contributed by atoms with Crippen molar-refractivity contribution in [2.45, 2.75) is 62.3 Å². The van der Waals surface area contributed by atoms with E-state index in [1.54, 1.807) is 24.1 Å². The monoisotopic (exact) mass is 545 g/mol. The number of carbonyl (C=O) groups is 3. The van der Waals surface area contributed by atoms with E-state index in [2.05, 4.69) is 26.6 Å². The number of amides is 3. The Morgan fingerprint density at radius 2 is 1.91 bits per heavy atom. The zero-order chi connectivity index (χ0) is 24.6. The van der Waals surface area contributed by atoms with Crippen LogP contribution in [0.5, 0.6) is 0 Å². The molecule has 3 aliphatic heterocycles. The lowest BCUT2D eigenvalue weighted by atomic mass is 9.74. The van der Waals surface area contributed by atoms with E-state index in [1.165, 1.54) is 6.42 Å². The highest BCUT2D eigenvalue weighted by Crippen LogP contribution is 2.55. The standard InChI is InChI=1S/C26H32BrN3O5/c1-34-15-5-14-30-22(24(32)29-17-6-3-2-4-7-17)26-13-12-19(35-26)20(21(26)25(30)33)23(31)28-18-10-8-16(27)9-11-18/h8-13,17,19-22H,2-7,14-15H2,1H3,(H,28,31)(H,29,32)/t19-,20-,21-,22-,26+/m1/s1. The largest absolute Gasteiger partial charge is 0.385 e. The molecule has 1 saturated carbocycles. The van der Waals surface area contributed by atoms with Gasteiger partial charge in [0, 0.05) is 36.5 Å². The van der Waals surface area contributed by atoms with Gasteiger partial charge in [-0.1, -0.05) is 47.3 Å². The SMILES string of the molecule is COCCCN1C(=O)[C@H]2[C@H](C(=O)Nc3ccc(Br)cc3)[C@H]3C=C[C@@]2(O3)[C@H]1C(=O)NC1CCCCC1. The highest BCUT2D eigenvalue weighted by atomic mass is 79.9. The van der Waals surface area contributed by atoms with Crippen LogP contribution in [-0.4, -0.2) is 66.7 Å². The first-order valence-electron chi connectivity index (χ1n) is 12.5. The number of rotatable bonds is 8. The summed E-state index contributed by atoms with van der Waals surface area (Å²) < 4.78 is 12.5. The summed E-state index contributed by atoms with van der Waals surface area (Å²) in [5.74, 6) is -2.10. The van der Waals surface area contributed by atoms with Crippen LogP contribution in [0.3, 0.4) is 0 Å². The van der Waals surface area contributed by atoms with Crippen LogP contribution in [0, 0.1) is 11.8 Å². The molecule has 3 amide bonds. The van der Waals surface area contributed by atoms with E-state index in [9.17, 15) is 14.4 Å². The Balaban J connectivity index is 1.41. The molecule has 2 N–H and O–H groups in total. The smallest absolute Gasteiger partial charge is 0.246 e. The second-order valence-electron chi connectivity index (χ2n) is 9.92. The molecule has 1 aromatic rings. The summed E-state index contributed by atoms with van der Waals surface area (Å²) in [6, 6.07) is 6.61. The van der Waals surface area contributed by atoms with Crippen LogP contribution in [0.25, 0.3) is 0 Å². The molecule has 0 radical (unpaired) electrons. The fraction of sp³-hybridized carbons (Fsp3) is 0.577. The zero-order valence-electron chi connectivity index (χ0n) is 19.9. The summed E-state index contributed by atoms with van der Waals surface area (Å²) in [6.07, 6.45) is 9.03. The minimum atomic E-state index is -1.13. The molecule has 2 bridgehead atoms. The first-order valence-corrected chi connectivity index (χ1v) is 13.3. The van der Waals surface area contributed by atoms with E-state index in [1.807, 2.05) is 24.3 Å². The fourth-order valence-electron chi connectivity index (χ4n) is 6.17. The van der Waals surface area contributed by atoms with E-state index in [0.29, 0.717) is 25.3 Å². The Morgan fingerprint density at radius 1 is 1.17 bits per heavy atom. The van der Waals surface area contributed by atoms with Crippen LogP contribution >= 0.6 is 15.9 Å². The molecule has 5 rings (SSSR count). The number of ether oxygens (including phenoxy) is 2. The number of hydrogen-bond acceptors (Lipinski definition) is 5. The van der Waals surface area contributed by atoms with Crippen molar-refractivity contribution in [1.82, 2.24) is 10.2 Å². The molecule has 1 aliphatic carbocycles. The van der Waals surface area contributed by atoms with Gasteiger partial charge in [0.15, 0.2) is 0 Å².